The minimum absolute atomic E-state index is 0.0660. The van der Waals surface area contributed by atoms with E-state index in [1.54, 1.807) is 0 Å². The molecule has 1 N–H and O–H groups in total. The molecule has 13 heavy (non-hydrogen) atoms. The van der Waals surface area contributed by atoms with Gasteiger partial charge in [0.2, 0.25) is 0 Å². The van der Waals surface area contributed by atoms with E-state index >= 15 is 0 Å². The minimum Gasteiger partial charge on any atom is -0.466 e. The van der Waals surface area contributed by atoms with Crippen molar-refractivity contribution in [2.45, 2.75) is 27.2 Å². The van der Waals surface area contributed by atoms with Crippen LogP contribution in [0.4, 0.5) is 0 Å². The highest BCUT2D eigenvalue weighted by molar-refractivity contribution is 5.76. The summed E-state index contributed by atoms with van der Waals surface area (Å²) in [5.74, 6) is 0.357. The van der Waals surface area contributed by atoms with Gasteiger partial charge in [-0.1, -0.05) is 0 Å². The molecule has 0 bridgehead atoms. The summed E-state index contributed by atoms with van der Waals surface area (Å²) in [6, 6.07) is 0. The van der Waals surface area contributed by atoms with Gasteiger partial charge in [0, 0.05) is 0 Å². The van der Waals surface area contributed by atoms with E-state index in [1.807, 2.05) is 20.8 Å². The molecule has 1 heterocycles. The Morgan fingerprint density at radius 1 is 1.62 bits per heavy atom. The largest absolute Gasteiger partial charge is 0.466 e. The summed E-state index contributed by atoms with van der Waals surface area (Å²) in [6.07, 6.45) is 1.08. The molecule has 0 saturated carbocycles. The van der Waals surface area contributed by atoms with Gasteiger partial charge in [0.15, 0.2) is 0 Å². The molecule has 76 valence electrons. The van der Waals surface area contributed by atoms with E-state index in [0.29, 0.717) is 12.5 Å². The van der Waals surface area contributed by atoms with E-state index in [0.717, 1.165) is 19.5 Å². The van der Waals surface area contributed by atoms with Crippen LogP contribution in [-0.2, 0) is 9.53 Å². The third-order valence-corrected chi connectivity index (χ3v) is 2.88. The second-order valence-electron chi connectivity index (χ2n) is 4.13. The van der Waals surface area contributed by atoms with E-state index in [2.05, 4.69) is 5.32 Å². The summed E-state index contributed by atoms with van der Waals surface area (Å²) in [5, 5.41) is 3.27. The van der Waals surface area contributed by atoms with E-state index in [9.17, 15) is 4.79 Å². The standard InChI is InChI=1S/C10H19NO2/c1-4-13-9(12)10(2,3)8-5-6-11-7-8/h8,11H,4-7H2,1-3H3/t8-/m1/s1. The van der Waals surface area contributed by atoms with Gasteiger partial charge in [-0.25, -0.2) is 0 Å². The summed E-state index contributed by atoms with van der Waals surface area (Å²) in [5.41, 5.74) is -0.334. The zero-order valence-electron chi connectivity index (χ0n) is 8.72. The Morgan fingerprint density at radius 3 is 2.77 bits per heavy atom. The quantitative estimate of drug-likeness (QED) is 0.671. The maximum absolute atomic E-state index is 11.6. The lowest BCUT2D eigenvalue weighted by molar-refractivity contribution is -0.156. The zero-order valence-corrected chi connectivity index (χ0v) is 8.72. The number of carbonyl (C=O) groups is 1. The summed E-state index contributed by atoms with van der Waals surface area (Å²) >= 11 is 0. The highest BCUT2D eigenvalue weighted by Crippen LogP contribution is 2.32. The van der Waals surface area contributed by atoms with Crippen LogP contribution in [0.2, 0.25) is 0 Å². The Kier molecular flexibility index (Phi) is 3.31. The van der Waals surface area contributed by atoms with Crippen LogP contribution < -0.4 is 5.32 Å². The van der Waals surface area contributed by atoms with Gasteiger partial charge in [0.1, 0.15) is 0 Å². The van der Waals surface area contributed by atoms with E-state index in [-0.39, 0.29) is 11.4 Å². The Hall–Kier alpha value is -0.570. The molecule has 0 aromatic rings. The van der Waals surface area contributed by atoms with Crippen LogP contribution in [-0.4, -0.2) is 25.7 Å². The topological polar surface area (TPSA) is 38.3 Å². The van der Waals surface area contributed by atoms with Crippen molar-refractivity contribution in [1.82, 2.24) is 5.32 Å². The maximum Gasteiger partial charge on any atom is 0.311 e. The fourth-order valence-electron chi connectivity index (χ4n) is 1.75. The van der Waals surface area contributed by atoms with Crippen LogP contribution >= 0.6 is 0 Å². The Morgan fingerprint density at radius 2 is 2.31 bits per heavy atom. The van der Waals surface area contributed by atoms with Crippen LogP contribution in [0.1, 0.15) is 27.2 Å². The first-order valence-corrected chi connectivity index (χ1v) is 4.97. The molecule has 1 atom stereocenters. The number of ether oxygens (including phenoxy) is 1. The Balaban J connectivity index is 2.57. The van der Waals surface area contributed by atoms with Crippen LogP contribution in [0, 0.1) is 11.3 Å². The molecule has 0 spiro atoms. The fraction of sp³-hybridized carbons (Fsp3) is 0.900. The number of carbonyl (C=O) groups excluding carboxylic acids is 1. The first-order valence-electron chi connectivity index (χ1n) is 4.97. The van der Waals surface area contributed by atoms with Crippen molar-refractivity contribution < 1.29 is 9.53 Å². The van der Waals surface area contributed by atoms with Gasteiger partial charge in [-0.05, 0) is 46.2 Å². The normalized spacial score (nSPS) is 23.2. The number of esters is 1. The molecule has 1 saturated heterocycles. The van der Waals surface area contributed by atoms with E-state index < -0.39 is 0 Å². The average Bonchev–Trinajstić information content (AvgIpc) is 2.56. The average molecular weight is 185 g/mol. The lowest BCUT2D eigenvalue weighted by Gasteiger charge is -2.28. The van der Waals surface area contributed by atoms with Gasteiger partial charge in [-0.2, -0.15) is 0 Å². The van der Waals surface area contributed by atoms with Crippen molar-refractivity contribution >= 4 is 5.97 Å². The van der Waals surface area contributed by atoms with E-state index in [4.69, 9.17) is 4.74 Å². The Bertz CT molecular complexity index is 183. The molecule has 1 rings (SSSR count). The van der Waals surface area contributed by atoms with Gasteiger partial charge >= 0.3 is 5.97 Å². The molecular weight excluding hydrogens is 166 g/mol. The van der Waals surface area contributed by atoms with Crippen molar-refractivity contribution in [3.63, 3.8) is 0 Å². The molecule has 0 unspecified atom stereocenters. The molecule has 0 aromatic heterocycles. The maximum atomic E-state index is 11.6. The van der Waals surface area contributed by atoms with Crippen LogP contribution in [0.15, 0.2) is 0 Å². The second-order valence-corrected chi connectivity index (χ2v) is 4.13. The molecule has 0 aliphatic carbocycles. The first-order chi connectivity index (χ1) is 6.09. The van der Waals surface area contributed by atoms with Crippen molar-refractivity contribution in [1.29, 1.82) is 0 Å². The molecular formula is C10H19NO2. The highest BCUT2D eigenvalue weighted by Gasteiger charge is 2.39. The molecule has 1 fully saturated rings. The number of hydrogen-bond acceptors (Lipinski definition) is 3. The molecule has 0 amide bonds. The van der Waals surface area contributed by atoms with Crippen LogP contribution in [0.25, 0.3) is 0 Å². The second kappa shape index (κ2) is 4.09. The summed E-state index contributed by atoms with van der Waals surface area (Å²) in [7, 11) is 0. The lowest BCUT2D eigenvalue weighted by atomic mass is 9.78. The van der Waals surface area contributed by atoms with Crippen molar-refractivity contribution in [2.75, 3.05) is 19.7 Å². The SMILES string of the molecule is CCOC(=O)C(C)(C)[C@@H]1CCNC1. The number of nitrogens with one attached hydrogen (secondary N) is 1. The van der Waals surface area contributed by atoms with Crippen molar-refractivity contribution in [2.24, 2.45) is 11.3 Å². The predicted molar refractivity (Wildman–Crippen MR) is 51.4 cm³/mol. The van der Waals surface area contributed by atoms with Gasteiger partial charge < -0.3 is 10.1 Å². The van der Waals surface area contributed by atoms with E-state index in [1.165, 1.54) is 0 Å². The van der Waals surface area contributed by atoms with Gasteiger partial charge in [0.25, 0.3) is 0 Å². The summed E-state index contributed by atoms with van der Waals surface area (Å²) in [6.45, 7) is 8.23. The van der Waals surface area contributed by atoms with Crippen LogP contribution in [0.3, 0.4) is 0 Å². The van der Waals surface area contributed by atoms with Gasteiger partial charge in [-0.3, -0.25) is 4.79 Å². The molecule has 1 aliphatic heterocycles. The van der Waals surface area contributed by atoms with Crippen molar-refractivity contribution in [3.8, 4) is 0 Å². The monoisotopic (exact) mass is 185 g/mol. The van der Waals surface area contributed by atoms with Gasteiger partial charge in [0.05, 0.1) is 12.0 Å². The fourth-order valence-corrected chi connectivity index (χ4v) is 1.75. The molecule has 1 aliphatic rings. The molecule has 3 heteroatoms. The summed E-state index contributed by atoms with van der Waals surface area (Å²) < 4.78 is 5.05. The third-order valence-electron chi connectivity index (χ3n) is 2.88. The summed E-state index contributed by atoms with van der Waals surface area (Å²) in [4.78, 5) is 11.6. The lowest BCUT2D eigenvalue weighted by Crippen LogP contribution is -2.35. The molecule has 3 nitrogen and oxygen atoms in total. The van der Waals surface area contributed by atoms with Crippen LogP contribution in [0.5, 0.6) is 0 Å². The molecule has 0 aromatic carbocycles. The number of rotatable bonds is 3. The predicted octanol–water partition coefficient (Wildman–Crippen LogP) is 1.19. The molecule has 0 radical (unpaired) electrons. The van der Waals surface area contributed by atoms with Crippen molar-refractivity contribution in [3.05, 3.63) is 0 Å². The highest BCUT2D eigenvalue weighted by atomic mass is 16.5. The Labute approximate surface area is 79.8 Å². The first kappa shape index (κ1) is 10.5. The zero-order chi connectivity index (χ0) is 9.90. The third kappa shape index (κ3) is 2.21. The number of hydrogen-bond donors (Lipinski definition) is 1. The smallest absolute Gasteiger partial charge is 0.311 e. The van der Waals surface area contributed by atoms with Gasteiger partial charge in [-0.15, -0.1) is 0 Å². The minimum atomic E-state index is -0.334.